The Morgan fingerprint density at radius 3 is 2.36 bits per heavy atom. The van der Waals surface area contributed by atoms with E-state index < -0.39 is 11.0 Å². The van der Waals surface area contributed by atoms with Crippen LogP contribution in [-0.4, -0.2) is 37.5 Å². The molecule has 2 aromatic carbocycles. The van der Waals surface area contributed by atoms with E-state index in [0.717, 1.165) is 22.5 Å². The fraction of sp³-hybridized carbons (Fsp3) is 0.174. The highest BCUT2D eigenvalue weighted by Crippen LogP contribution is 2.26. The van der Waals surface area contributed by atoms with Gasteiger partial charge >= 0.3 is 11.6 Å². The second kappa shape index (κ2) is 9.35. The topological polar surface area (TPSA) is 117 Å². The van der Waals surface area contributed by atoms with Crippen molar-refractivity contribution in [2.75, 3.05) is 7.11 Å². The molecule has 0 radical (unpaired) electrons. The van der Waals surface area contributed by atoms with E-state index in [4.69, 9.17) is 9.84 Å². The molecule has 4 aromatic rings. The molecule has 0 aliphatic heterocycles. The van der Waals surface area contributed by atoms with E-state index in [1.54, 1.807) is 11.6 Å². The van der Waals surface area contributed by atoms with Gasteiger partial charge < -0.3 is 10.1 Å². The van der Waals surface area contributed by atoms with E-state index in [2.05, 4.69) is 10.4 Å². The molecule has 33 heavy (non-hydrogen) atoms. The van der Waals surface area contributed by atoms with Gasteiger partial charge in [0.05, 0.1) is 23.4 Å². The summed E-state index contributed by atoms with van der Waals surface area (Å²) >= 11 is 0. The second-order valence-corrected chi connectivity index (χ2v) is 7.30. The summed E-state index contributed by atoms with van der Waals surface area (Å²) < 4.78 is 7.93. The van der Waals surface area contributed by atoms with Crippen molar-refractivity contribution in [1.29, 1.82) is 0 Å². The van der Waals surface area contributed by atoms with Crippen LogP contribution < -0.4 is 10.1 Å². The van der Waals surface area contributed by atoms with Crippen LogP contribution in [0.2, 0.25) is 0 Å². The van der Waals surface area contributed by atoms with Crippen LogP contribution in [0.5, 0.6) is 5.88 Å². The lowest BCUT2D eigenvalue weighted by molar-refractivity contribution is -0.385. The Labute approximate surface area is 189 Å². The van der Waals surface area contributed by atoms with Crippen LogP contribution in [0.4, 0.5) is 5.69 Å². The number of hydrogen-bond donors (Lipinski definition) is 1. The number of carbonyl (C=O) groups excluding carboxylic acids is 1. The lowest BCUT2D eigenvalue weighted by atomic mass is 10.1. The van der Waals surface area contributed by atoms with Gasteiger partial charge in [-0.05, 0) is 19.1 Å². The molecular formula is C23H22N6O4. The van der Waals surface area contributed by atoms with Crippen LogP contribution in [0.25, 0.3) is 16.9 Å². The molecule has 1 atom stereocenters. The molecule has 0 aliphatic rings. The summed E-state index contributed by atoms with van der Waals surface area (Å²) in [5, 5.41) is 22.8. The third-order valence-corrected chi connectivity index (χ3v) is 5.16. The molecule has 2 heterocycles. The van der Waals surface area contributed by atoms with Crippen molar-refractivity contribution >= 4 is 11.6 Å². The van der Waals surface area contributed by atoms with Gasteiger partial charge in [-0.1, -0.05) is 48.5 Å². The molecule has 1 N–H and O–H groups in total. The number of amides is 1. The molecule has 10 heteroatoms. The van der Waals surface area contributed by atoms with Crippen LogP contribution in [0.1, 0.15) is 18.5 Å². The van der Waals surface area contributed by atoms with Gasteiger partial charge in [0.2, 0.25) is 5.91 Å². The number of nitrogens with zero attached hydrogens (tertiary/aromatic N) is 5. The smallest absolute Gasteiger partial charge is 0.350 e. The van der Waals surface area contributed by atoms with E-state index in [-0.39, 0.29) is 24.0 Å². The maximum absolute atomic E-state index is 12.8. The largest absolute Gasteiger partial charge is 0.475 e. The molecule has 0 saturated carbocycles. The van der Waals surface area contributed by atoms with Crippen molar-refractivity contribution in [3.05, 3.63) is 88.7 Å². The molecule has 4 rings (SSSR count). The summed E-state index contributed by atoms with van der Waals surface area (Å²) in [6.07, 6.45) is 3.07. The summed E-state index contributed by atoms with van der Waals surface area (Å²) in [6, 6.07) is 18.6. The molecule has 10 nitrogen and oxygen atoms in total. The Morgan fingerprint density at radius 2 is 1.76 bits per heavy atom. The van der Waals surface area contributed by atoms with Crippen molar-refractivity contribution in [2.24, 2.45) is 0 Å². The Morgan fingerprint density at radius 1 is 1.09 bits per heavy atom. The highest BCUT2D eigenvalue weighted by Gasteiger charge is 2.25. The zero-order valence-corrected chi connectivity index (χ0v) is 18.1. The number of benzene rings is 2. The fourth-order valence-electron chi connectivity index (χ4n) is 3.38. The zero-order valence-electron chi connectivity index (χ0n) is 18.1. The number of para-hydroxylation sites is 1. The number of carbonyl (C=O) groups is 1. The Balaban J connectivity index is 1.57. The van der Waals surface area contributed by atoms with Crippen LogP contribution in [0.15, 0.2) is 73.1 Å². The highest BCUT2D eigenvalue weighted by molar-refractivity contribution is 5.80. The van der Waals surface area contributed by atoms with Gasteiger partial charge in [0.15, 0.2) is 0 Å². The number of methoxy groups -OCH3 is 1. The third kappa shape index (κ3) is 4.59. The van der Waals surface area contributed by atoms with Gasteiger partial charge in [0.1, 0.15) is 12.2 Å². The molecule has 0 aliphatic carbocycles. The van der Waals surface area contributed by atoms with Crippen molar-refractivity contribution < 1.29 is 14.5 Å². The van der Waals surface area contributed by atoms with E-state index in [0.29, 0.717) is 0 Å². The molecule has 1 unspecified atom stereocenters. The van der Waals surface area contributed by atoms with E-state index in [1.807, 2.05) is 66.9 Å². The van der Waals surface area contributed by atoms with Gasteiger partial charge in [-0.25, -0.2) is 9.36 Å². The standard InChI is InChI=1S/C23H22N6O4/c1-16(27-15-20(29(31)32)23(26-27)33-2)22(30)24-13-18-14-28(19-11-7-4-8-12-19)25-21(18)17-9-5-3-6-10-17/h3-12,14-16H,13H2,1-2H3,(H,24,30). The first-order chi connectivity index (χ1) is 16.0. The summed E-state index contributed by atoms with van der Waals surface area (Å²) in [5.74, 6) is -0.489. The quantitative estimate of drug-likeness (QED) is 0.327. The van der Waals surface area contributed by atoms with Crippen LogP contribution in [0.3, 0.4) is 0 Å². The molecule has 2 aromatic heterocycles. The number of nitrogens with one attached hydrogen (secondary N) is 1. The van der Waals surface area contributed by atoms with Crippen molar-refractivity contribution in [3.63, 3.8) is 0 Å². The lowest BCUT2D eigenvalue weighted by Crippen LogP contribution is -2.30. The van der Waals surface area contributed by atoms with Gasteiger partial charge in [0, 0.05) is 23.9 Å². The predicted octanol–water partition coefficient (Wildman–Crippen LogP) is 3.53. The maximum atomic E-state index is 12.8. The molecule has 0 spiro atoms. The van der Waals surface area contributed by atoms with Gasteiger partial charge in [-0.2, -0.15) is 5.10 Å². The average Bonchev–Trinajstić information content (AvgIpc) is 3.48. The summed E-state index contributed by atoms with van der Waals surface area (Å²) in [7, 11) is 1.29. The Kier molecular flexibility index (Phi) is 6.16. The van der Waals surface area contributed by atoms with E-state index >= 15 is 0 Å². The molecule has 0 bridgehead atoms. The van der Waals surface area contributed by atoms with Crippen molar-refractivity contribution in [3.8, 4) is 22.8 Å². The average molecular weight is 446 g/mol. The summed E-state index contributed by atoms with van der Waals surface area (Å²) in [5.41, 5.74) is 3.11. The summed E-state index contributed by atoms with van der Waals surface area (Å²) in [6.45, 7) is 1.83. The normalized spacial score (nSPS) is 11.7. The van der Waals surface area contributed by atoms with Gasteiger partial charge in [-0.3, -0.25) is 14.9 Å². The first kappa shape index (κ1) is 21.8. The summed E-state index contributed by atoms with van der Waals surface area (Å²) in [4.78, 5) is 23.4. The SMILES string of the molecule is COc1nn(C(C)C(=O)NCc2cn(-c3ccccc3)nc2-c2ccccc2)cc1[N+](=O)[O-]. The minimum absolute atomic E-state index is 0.143. The van der Waals surface area contributed by atoms with E-state index in [1.165, 1.54) is 18.0 Å². The number of rotatable bonds is 8. The van der Waals surface area contributed by atoms with Gasteiger partial charge in [-0.15, -0.1) is 5.10 Å². The monoisotopic (exact) mass is 446 g/mol. The Bertz CT molecular complexity index is 1270. The number of ether oxygens (including phenoxy) is 1. The predicted molar refractivity (Wildman–Crippen MR) is 121 cm³/mol. The van der Waals surface area contributed by atoms with Crippen molar-refractivity contribution in [1.82, 2.24) is 24.9 Å². The number of aromatic nitrogens is 4. The fourth-order valence-corrected chi connectivity index (χ4v) is 3.38. The Hall–Kier alpha value is -4.47. The second-order valence-electron chi connectivity index (χ2n) is 7.30. The molecular weight excluding hydrogens is 424 g/mol. The zero-order chi connectivity index (χ0) is 23.4. The first-order valence-corrected chi connectivity index (χ1v) is 10.2. The van der Waals surface area contributed by atoms with Crippen molar-refractivity contribution in [2.45, 2.75) is 19.5 Å². The minimum atomic E-state index is -0.781. The molecule has 0 fully saturated rings. The van der Waals surface area contributed by atoms with Crippen LogP contribution >= 0.6 is 0 Å². The number of hydrogen-bond acceptors (Lipinski definition) is 6. The molecule has 168 valence electrons. The maximum Gasteiger partial charge on any atom is 0.350 e. The molecule has 0 saturated heterocycles. The van der Waals surface area contributed by atoms with Crippen LogP contribution in [0, 0.1) is 10.1 Å². The van der Waals surface area contributed by atoms with E-state index in [9.17, 15) is 14.9 Å². The minimum Gasteiger partial charge on any atom is -0.475 e. The number of nitro groups is 1. The lowest BCUT2D eigenvalue weighted by Gasteiger charge is -2.12. The molecule has 1 amide bonds. The van der Waals surface area contributed by atoms with Gasteiger partial charge in [0.25, 0.3) is 0 Å². The highest BCUT2D eigenvalue weighted by atomic mass is 16.6. The first-order valence-electron chi connectivity index (χ1n) is 10.2. The van der Waals surface area contributed by atoms with Crippen LogP contribution in [-0.2, 0) is 11.3 Å². The third-order valence-electron chi connectivity index (χ3n) is 5.16.